The number of benzene rings is 2. The van der Waals surface area contributed by atoms with Crippen LogP contribution in [0, 0.1) is 6.92 Å². The highest BCUT2D eigenvalue weighted by molar-refractivity contribution is 6.05. The van der Waals surface area contributed by atoms with Gasteiger partial charge in [0.2, 0.25) is 5.95 Å². The Balaban J connectivity index is 1.65. The van der Waals surface area contributed by atoms with Crippen molar-refractivity contribution < 1.29 is 22.7 Å². The number of hydrogen-bond acceptors (Lipinski definition) is 6. The highest BCUT2D eigenvalue weighted by atomic mass is 19.4. The molecule has 2 aromatic carbocycles. The van der Waals surface area contributed by atoms with Gasteiger partial charge in [0.25, 0.3) is 5.91 Å². The SMILES string of the molecule is CNc1ncc2cc(-c3cc(C(=O)Nc4ccc(OC)c(C(F)(F)F)c4)ccc3C)cnc2n1. The fraction of sp³-hybridized carbons (Fsp3) is 0.167. The molecule has 0 atom stereocenters. The zero-order chi connectivity index (χ0) is 24.5. The van der Waals surface area contributed by atoms with Crippen LogP contribution >= 0.6 is 0 Å². The highest BCUT2D eigenvalue weighted by Crippen LogP contribution is 2.38. The molecule has 0 saturated carbocycles. The normalized spacial score (nSPS) is 11.4. The molecule has 10 heteroatoms. The Labute approximate surface area is 193 Å². The van der Waals surface area contributed by atoms with Gasteiger partial charge in [0.15, 0.2) is 5.65 Å². The van der Waals surface area contributed by atoms with Crippen LogP contribution < -0.4 is 15.4 Å². The number of aryl methyl sites for hydroxylation is 1. The lowest BCUT2D eigenvalue weighted by Crippen LogP contribution is -2.14. The third-order valence-corrected chi connectivity index (χ3v) is 5.23. The van der Waals surface area contributed by atoms with Crippen LogP contribution in [0.1, 0.15) is 21.5 Å². The molecule has 1 amide bonds. The quantitative estimate of drug-likeness (QED) is 0.413. The number of methoxy groups -OCH3 is 1. The summed E-state index contributed by atoms with van der Waals surface area (Å²) in [5.74, 6) is -0.414. The van der Waals surface area contributed by atoms with Gasteiger partial charge in [0.1, 0.15) is 5.75 Å². The molecule has 7 nitrogen and oxygen atoms in total. The number of nitrogens with zero attached hydrogens (tertiary/aromatic N) is 3. The first-order valence-electron chi connectivity index (χ1n) is 10.2. The summed E-state index contributed by atoms with van der Waals surface area (Å²) >= 11 is 0. The summed E-state index contributed by atoms with van der Waals surface area (Å²) in [4.78, 5) is 25.7. The molecule has 0 spiro atoms. The fourth-order valence-electron chi connectivity index (χ4n) is 3.48. The Hall–Kier alpha value is -4.21. The zero-order valence-corrected chi connectivity index (χ0v) is 18.5. The molecule has 0 aliphatic rings. The lowest BCUT2D eigenvalue weighted by molar-refractivity contribution is -0.138. The van der Waals surface area contributed by atoms with Crippen LogP contribution in [0.5, 0.6) is 5.75 Å². The van der Waals surface area contributed by atoms with E-state index in [9.17, 15) is 18.0 Å². The van der Waals surface area contributed by atoms with Crippen molar-refractivity contribution in [2.75, 3.05) is 24.8 Å². The first-order valence-corrected chi connectivity index (χ1v) is 10.2. The number of alkyl halides is 3. The van der Waals surface area contributed by atoms with Crippen molar-refractivity contribution >= 4 is 28.6 Å². The second kappa shape index (κ2) is 8.97. The number of aromatic nitrogens is 3. The van der Waals surface area contributed by atoms with E-state index < -0.39 is 17.6 Å². The number of anilines is 2. The number of rotatable bonds is 5. The Morgan fingerprint density at radius 1 is 1.03 bits per heavy atom. The van der Waals surface area contributed by atoms with Crippen LogP contribution in [0.4, 0.5) is 24.8 Å². The molecule has 0 saturated heterocycles. The molecule has 0 bridgehead atoms. The number of carbonyl (C=O) groups is 1. The van der Waals surface area contributed by atoms with Gasteiger partial charge in [-0.3, -0.25) is 4.79 Å². The maximum absolute atomic E-state index is 13.3. The number of amides is 1. The summed E-state index contributed by atoms with van der Waals surface area (Å²) < 4.78 is 44.7. The topological polar surface area (TPSA) is 89.0 Å². The number of nitrogens with one attached hydrogen (secondary N) is 2. The Morgan fingerprint density at radius 3 is 2.53 bits per heavy atom. The molecule has 4 aromatic rings. The minimum Gasteiger partial charge on any atom is -0.496 e. The van der Waals surface area contributed by atoms with Gasteiger partial charge in [0, 0.05) is 41.6 Å². The van der Waals surface area contributed by atoms with Crippen molar-refractivity contribution in [1.29, 1.82) is 0 Å². The molecule has 34 heavy (non-hydrogen) atoms. The standard InChI is InChI=1S/C24H20F3N5O2/c1-13-4-5-14(22(33)31-17-6-7-20(34-3)19(10-17)24(25,26)27)9-18(13)15-8-16-12-30-23(28-2)32-21(16)29-11-15/h4-12H,1-3H3,(H,31,33)(H,28,29,30,32). The second-order valence-corrected chi connectivity index (χ2v) is 7.48. The van der Waals surface area contributed by atoms with Gasteiger partial charge in [-0.05, 0) is 54.4 Å². The van der Waals surface area contributed by atoms with Crippen molar-refractivity contribution in [1.82, 2.24) is 15.0 Å². The average Bonchev–Trinajstić information content (AvgIpc) is 2.83. The van der Waals surface area contributed by atoms with E-state index in [-0.39, 0.29) is 17.0 Å². The van der Waals surface area contributed by atoms with Crippen molar-refractivity contribution in [3.05, 3.63) is 71.5 Å². The van der Waals surface area contributed by atoms with Crippen LogP contribution in [0.25, 0.3) is 22.2 Å². The molecular formula is C24H20F3N5O2. The number of fused-ring (bicyclic) bond motifs is 1. The number of halogens is 3. The van der Waals surface area contributed by atoms with E-state index in [0.29, 0.717) is 11.6 Å². The highest BCUT2D eigenvalue weighted by Gasteiger charge is 2.34. The van der Waals surface area contributed by atoms with E-state index in [1.165, 1.54) is 12.1 Å². The largest absolute Gasteiger partial charge is 0.496 e. The van der Waals surface area contributed by atoms with Crippen LogP contribution in [-0.4, -0.2) is 35.0 Å². The molecule has 0 unspecified atom stereocenters. The smallest absolute Gasteiger partial charge is 0.420 e. The molecule has 0 aliphatic carbocycles. The monoisotopic (exact) mass is 467 g/mol. The van der Waals surface area contributed by atoms with E-state index >= 15 is 0 Å². The van der Waals surface area contributed by atoms with E-state index in [1.807, 2.05) is 13.0 Å². The predicted octanol–water partition coefficient (Wildman–Crippen LogP) is 5.32. The summed E-state index contributed by atoms with van der Waals surface area (Å²) in [6.45, 7) is 1.89. The van der Waals surface area contributed by atoms with Gasteiger partial charge in [-0.2, -0.15) is 18.2 Å². The van der Waals surface area contributed by atoms with E-state index in [0.717, 1.165) is 35.3 Å². The Kier molecular flexibility index (Phi) is 6.06. The van der Waals surface area contributed by atoms with Crippen LogP contribution in [-0.2, 0) is 6.18 Å². The zero-order valence-electron chi connectivity index (χ0n) is 18.5. The first-order chi connectivity index (χ1) is 16.2. The fourth-order valence-corrected chi connectivity index (χ4v) is 3.48. The maximum atomic E-state index is 13.3. The molecule has 2 aromatic heterocycles. The Bertz CT molecular complexity index is 1390. The third-order valence-electron chi connectivity index (χ3n) is 5.23. The van der Waals surface area contributed by atoms with Gasteiger partial charge < -0.3 is 15.4 Å². The van der Waals surface area contributed by atoms with E-state index in [2.05, 4.69) is 25.6 Å². The van der Waals surface area contributed by atoms with Crippen LogP contribution in [0.2, 0.25) is 0 Å². The number of ether oxygens (including phenoxy) is 1. The molecule has 0 radical (unpaired) electrons. The van der Waals surface area contributed by atoms with Gasteiger partial charge >= 0.3 is 6.18 Å². The second-order valence-electron chi connectivity index (χ2n) is 7.48. The molecule has 0 aliphatic heterocycles. The van der Waals surface area contributed by atoms with E-state index in [4.69, 9.17) is 4.74 Å². The molecule has 174 valence electrons. The lowest BCUT2D eigenvalue weighted by Gasteiger charge is -2.14. The lowest BCUT2D eigenvalue weighted by atomic mass is 9.98. The van der Waals surface area contributed by atoms with Crippen molar-refractivity contribution in [3.63, 3.8) is 0 Å². The Morgan fingerprint density at radius 2 is 1.82 bits per heavy atom. The van der Waals surface area contributed by atoms with Crippen molar-refractivity contribution in [2.24, 2.45) is 0 Å². The number of hydrogen-bond donors (Lipinski definition) is 2. The van der Waals surface area contributed by atoms with Gasteiger partial charge in [-0.1, -0.05) is 6.07 Å². The number of pyridine rings is 1. The van der Waals surface area contributed by atoms with Crippen molar-refractivity contribution in [2.45, 2.75) is 13.1 Å². The maximum Gasteiger partial charge on any atom is 0.420 e. The minimum absolute atomic E-state index is 0.00473. The molecule has 2 heterocycles. The third kappa shape index (κ3) is 4.61. The number of carbonyl (C=O) groups excluding carboxylic acids is 1. The van der Waals surface area contributed by atoms with Gasteiger partial charge in [-0.15, -0.1) is 0 Å². The molecule has 4 rings (SSSR count). The average molecular weight is 467 g/mol. The summed E-state index contributed by atoms with van der Waals surface area (Å²) in [5, 5.41) is 6.11. The molecule has 0 fully saturated rings. The van der Waals surface area contributed by atoms with Gasteiger partial charge in [-0.25, -0.2) is 9.97 Å². The molecule has 2 N–H and O–H groups in total. The van der Waals surface area contributed by atoms with Gasteiger partial charge in [0.05, 0.1) is 12.7 Å². The van der Waals surface area contributed by atoms with Crippen LogP contribution in [0.15, 0.2) is 54.9 Å². The summed E-state index contributed by atoms with van der Waals surface area (Å²) in [6, 6.07) is 10.3. The summed E-state index contributed by atoms with van der Waals surface area (Å²) in [7, 11) is 2.87. The van der Waals surface area contributed by atoms with Crippen molar-refractivity contribution in [3.8, 4) is 16.9 Å². The predicted molar refractivity (Wildman–Crippen MR) is 123 cm³/mol. The van der Waals surface area contributed by atoms with E-state index in [1.54, 1.807) is 37.6 Å². The first kappa shape index (κ1) is 23.0. The van der Waals surface area contributed by atoms with Crippen LogP contribution in [0.3, 0.4) is 0 Å². The summed E-state index contributed by atoms with van der Waals surface area (Å²) in [6.07, 6.45) is -1.32. The molecular weight excluding hydrogens is 447 g/mol. The summed E-state index contributed by atoms with van der Waals surface area (Å²) in [5.41, 5.74) is 2.25. The minimum atomic E-state index is -4.62.